The number of nitrogens with one attached hydrogen (secondary N) is 1. The van der Waals surface area contributed by atoms with Gasteiger partial charge in [0.15, 0.2) is 0 Å². The third kappa shape index (κ3) is 4.52. The fourth-order valence-electron chi connectivity index (χ4n) is 2.50. The number of carbonyl (C=O) groups is 1. The van der Waals surface area contributed by atoms with Crippen LogP contribution in [0.15, 0.2) is 0 Å². The van der Waals surface area contributed by atoms with Gasteiger partial charge in [-0.3, -0.25) is 4.79 Å². The maximum atomic E-state index is 11.7. The van der Waals surface area contributed by atoms with Crippen LogP contribution in [-0.2, 0) is 4.79 Å². The lowest BCUT2D eigenvalue weighted by molar-refractivity contribution is -0.122. The fourth-order valence-corrected chi connectivity index (χ4v) is 2.50. The van der Waals surface area contributed by atoms with Gasteiger partial charge < -0.3 is 11.1 Å². The number of hydrogen-bond donors (Lipinski definition) is 2. The third-order valence-corrected chi connectivity index (χ3v) is 3.43. The molecule has 0 saturated heterocycles. The topological polar surface area (TPSA) is 55.1 Å². The van der Waals surface area contributed by atoms with Crippen molar-refractivity contribution in [3.63, 3.8) is 0 Å². The molecule has 0 heterocycles. The Labute approximate surface area is 99.2 Å². The van der Waals surface area contributed by atoms with E-state index in [4.69, 9.17) is 5.73 Å². The quantitative estimate of drug-likeness (QED) is 0.752. The molecule has 1 rings (SSSR count). The Balaban J connectivity index is 2.19. The molecule has 1 saturated carbocycles. The van der Waals surface area contributed by atoms with Crippen LogP contribution >= 0.6 is 0 Å². The largest absolute Gasteiger partial charge is 0.354 e. The summed E-state index contributed by atoms with van der Waals surface area (Å²) in [4.78, 5) is 11.7. The van der Waals surface area contributed by atoms with Crippen molar-refractivity contribution in [2.24, 2.45) is 23.5 Å². The first kappa shape index (κ1) is 13.5. The lowest BCUT2D eigenvalue weighted by Gasteiger charge is -2.16. The van der Waals surface area contributed by atoms with E-state index in [1.807, 2.05) is 0 Å². The van der Waals surface area contributed by atoms with E-state index in [1.54, 1.807) is 0 Å². The summed E-state index contributed by atoms with van der Waals surface area (Å²) < 4.78 is 0. The molecule has 0 spiro atoms. The summed E-state index contributed by atoms with van der Waals surface area (Å²) in [5, 5.41) is 2.99. The van der Waals surface area contributed by atoms with Crippen molar-refractivity contribution in [2.75, 3.05) is 6.54 Å². The highest BCUT2D eigenvalue weighted by atomic mass is 16.2. The zero-order chi connectivity index (χ0) is 12.1. The summed E-state index contributed by atoms with van der Waals surface area (Å²) in [6, 6.07) is -0.334. The smallest absolute Gasteiger partial charge is 0.236 e. The van der Waals surface area contributed by atoms with Gasteiger partial charge in [0.1, 0.15) is 0 Å². The van der Waals surface area contributed by atoms with Crippen LogP contribution in [-0.4, -0.2) is 18.5 Å². The van der Waals surface area contributed by atoms with Crippen LogP contribution in [0.4, 0.5) is 0 Å². The SMILES string of the molecule is CC(C)C[C@@H](N)C(=O)NCC1CCC(C)C1. The number of nitrogens with two attached hydrogens (primary N) is 1. The van der Waals surface area contributed by atoms with Crippen LogP contribution in [0, 0.1) is 17.8 Å². The summed E-state index contributed by atoms with van der Waals surface area (Å²) >= 11 is 0. The molecule has 3 atom stereocenters. The molecule has 1 fully saturated rings. The van der Waals surface area contributed by atoms with Crippen LogP contribution in [0.3, 0.4) is 0 Å². The standard InChI is InChI=1S/C13H26N2O/c1-9(2)6-12(14)13(16)15-8-11-5-4-10(3)7-11/h9-12H,4-8,14H2,1-3H3,(H,15,16)/t10?,11?,12-/m1/s1. The molecule has 1 amide bonds. The Morgan fingerprint density at radius 3 is 2.62 bits per heavy atom. The van der Waals surface area contributed by atoms with Crippen LogP contribution in [0.2, 0.25) is 0 Å². The van der Waals surface area contributed by atoms with Crippen LogP contribution in [0.1, 0.15) is 46.5 Å². The second-order valence-electron chi connectivity index (χ2n) is 5.77. The predicted molar refractivity (Wildman–Crippen MR) is 66.9 cm³/mol. The van der Waals surface area contributed by atoms with E-state index in [-0.39, 0.29) is 11.9 Å². The first-order valence-electron chi connectivity index (χ1n) is 6.52. The minimum absolute atomic E-state index is 0.0215. The zero-order valence-corrected chi connectivity index (χ0v) is 10.8. The van der Waals surface area contributed by atoms with Crippen molar-refractivity contribution in [2.45, 2.75) is 52.5 Å². The van der Waals surface area contributed by atoms with Gasteiger partial charge in [-0.15, -0.1) is 0 Å². The molecular formula is C13H26N2O. The lowest BCUT2D eigenvalue weighted by Crippen LogP contribution is -2.42. The van der Waals surface area contributed by atoms with E-state index in [9.17, 15) is 4.79 Å². The first-order chi connectivity index (χ1) is 7.49. The van der Waals surface area contributed by atoms with Gasteiger partial charge >= 0.3 is 0 Å². The van der Waals surface area contributed by atoms with E-state index in [0.717, 1.165) is 18.9 Å². The Morgan fingerprint density at radius 1 is 1.44 bits per heavy atom. The second kappa shape index (κ2) is 6.24. The van der Waals surface area contributed by atoms with Gasteiger partial charge in [-0.1, -0.05) is 27.2 Å². The van der Waals surface area contributed by atoms with Crippen molar-refractivity contribution < 1.29 is 4.79 Å². The van der Waals surface area contributed by atoms with Gasteiger partial charge in [0, 0.05) is 6.54 Å². The second-order valence-corrected chi connectivity index (χ2v) is 5.77. The Kier molecular flexibility index (Phi) is 5.26. The Bertz CT molecular complexity index is 228. The van der Waals surface area contributed by atoms with Gasteiger partial charge in [0.2, 0.25) is 5.91 Å². The van der Waals surface area contributed by atoms with E-state index < -0.39 is 0 Å². The lowest BCUT2D eigenvalue weighted by atomic mass is 10.0. The molecule has 94 valence electrons. The Hall–Kier alpha value is -0.570. The summed E-state index contributed by atoms with van der Waals surface area (Å²) in [6.45, 7) is 7.28. The Morgan fingerprint density at radius 2 is 2.12 bits per heavy atom. The normalized spacial score (nSPS) is 27.1. The first-order valence-corrected chi connectivity index (χ1v) is 6.52. The van der Waals surface area contributed by atoms with E-state index in [0.29, 0.717) is 11.8 Å². The highest BCUT2D eigenvalue weighted by Crippen LogP contribution is 2.29. The number of amides is 1. The number of hydrogen-bond acceptors (Lipinski definition) is 2. The average Bonchev–Trinajstić information content (AvgIpc) is 2.59. The van der Waals surface area contributed by atoms with Crippen molar-refractivity contribution in [1.82, 2.24) is 5.32 Å². The fraction of sp³-hybridized carbons (Fsp3) is 0.923. The van der Waals surface area contributed by atoms with Crippen molar-refractivity contribution >= 4 is 5.91 Å². The minimum Gasteiger partial charge on any atom is -0.354 e. The monoisotopic (exact) mass is 226 g/mol. The molecule has 3 heteroatoms. The highest BCUT2D eigenvalue weighted by molar-refractivity contribution is 5.81. The predicted octanol–water partition coefficient (Wildman–Crippen LogP) is 1.91. The molecule has 3 nitrogen and oxygen atoms in total. The van der Waals surface area contributed by atoms with Crippen LogP contribution in [0.25, 0.3) is 0 Å². The van der Waals surface area contributed by atoms with Gasteiger partial charge in [-0.25, -0.2) is 0 Å². The molecule has 0 bridgehead atoms. The molecule has 1 aliphatic rings. The average molecular weight is 226 g/mol. The number of carbonyl (C=O) groups excluding carboxylic acids is 1. The third-order valence-electron chi connectivity index (χ3n) is 3.43. The molecule has 16 heavy (non-hydrogen) atoms. The molecule has 2 unspecified atom stereocenters. The summed E-state index contributed by atoms with van der Waals surface area (Å²) in [7, 11) is 0. The molecule has 3 N–H and O–H groups in total. The summed E-state index contributed by atoms with van der Waals surface area (Å²) in [6.07, 6.45) is 4.58. The van der Waals surface area contributed by atoms with Gasteiger partial charge in [-0.2, -0.15) is 0 Å². The van der Waals surface area contributed by atoms with Gasteiger partial charge in [-0.05, 0) is 37.0 Å². The van der Waals surface area contributed by atoms with Crippen molar-refractivity contribution in [1.29, 1.82) is 0 Å². The molecule has 0 radical (unpaired) electrons. The molecule has 0 aliphatic heterocycles. The maximum Gasteiger partial charge on any atom is 0.236 e. The zero-order valence-electron chi connectivity index (χ0n) is 10.8. The van der Waals surface area contributed by atoms with Crippen LogP contribution in [0.5, 0.6) is 0 Å². The summed E-state index contributed by atoms with van der Waals surface area (Å²) in [5.41, 5.74) is 5.82. The molecule has 0 aromatic rings. The van der Waals surface area contributed by atoms with Gasteiger partial charge in [0.25, 0.3) is 0 Å². The number of rotatable bonds is 5. The minimum atomic E-state index is -0.334. The van der Waals surface area contributed by atoms with E-state index in [2.05, 4.69) is 26.1 Å². The van der Waals surface area contributed by atoms with Gasteiger partial charge in [0.05, 0.1) is 6.04 Å². The van der Waals surface area contributed by atoms with Crippen LogP contribution < -0.4 is 11.1 Å². The van der Waals surface area contributed by atoms with E-state index >= 15 is 0 Å². The van der Waals surface area contributed by atoms with Crippen molar-refractivity contribution in [3.8, 4) is 0 Å². The highest BCUT2D eigenvalue weighted by Gasteiger charge is 2.22. The molecule has 0 aromatic heterocycles. The summed E-state index contributed by atoms with van der Waals surface area (Å²) in [5.74, 6) is 2.00. The molecule has 0 aromatic carbocycles. The molecular weight excluding hydrogens is 200 g/mol. The van der Waals surface area contributed by atoms with E-state index in [1.165, 1.54) is 19.3 Å². The van der Waals surface area contributed by atoms with Crippen molar-refractivity contribution in [3.05, 3.63) is 0 Å². The maximum absolute atomic E-state index is 11.7. The molecule has 1 aliphatic carbocycles.